The van der Waals surface area contributed by atoms with Gasteiger partial charge >= 0.3 is 0 Å². The molecular formula is C24H27N3O2S. The normalized spacial score (nSPS) is 14.7. The van der Waals surface area contributed by atoms with Crippen molar-refractivity contribution in [1.29, 1.82) is 0 Å². The Labute approximate surface area is 181 Å². The third-order valence-corrected chi connectivity index (χ3v) is 6.52. The Morgan fingerprint density at radius 2 is 1.87 bits per heavy atom. The maximum atomic E-state index is 12.8. The van der Waals surface area contributed by atoms with E-state index in [2.05, 4.69) is 30.2 Å². The molecule has 2 aromatic carbocycles. The van der Waals surface area contributed by atoms with Gasteiger partial charge in [0.25, 0.3) is 5.91 Å². The molecule has 3 aromatic rings. The minimum atomic E-state index is 0.132. The van der Waals surface area contributed by atoms with Gasteiger partial charge in [0, 0.05) is 42.7 Å². The van der Waals surface area contributed by atoms with Gasteiger partial charge < -0.3 is 9.64 Å². The average molecular weight is 422 g/mol. The number of ether oxygens (including phenoxy) is 1. The lowest BCUT2D eigenvalue weighted by Gasteiger charge is -2.34. The van der Waals surface area contributed by atoms with Crippen molar-refractivity contribution < 1.29 is 9.53 Å². The number of hydrogen-bond donors (Lipinski definition) is 0. The van der Waals surface area contributed by atoms with Crippen LogP contribution in [0, 0.1) is 13.8 Å². The SMILES string of the molecule is COc1cccc(-c2csc(CN3CCN(C(=O)c4ccc(C)c(C)c4)CC3)n2)c1. The number of rotatable bonds is 5. The molecule has 1 aliphatic rings. The Kier molecular flexibility index (Phi) is 6.16. The van der Waals surface area contributed by atoms with Gasteiger partial charge in [-0.25, -0.2) is 4.98 Å². The molecule has 0 N–H and O–H groups in total. The van der Waals surface area contributed by atoms with E-state index in [4.69, 9.17) is 9.72 Å². The van der Waals surface area contributed by atoms with Crippen molar-refractivity contribution in [2.75, 3.05) is 33.3 Å². The summed E-state index contributed by atoms with van der Waals surface area (Å²) >= 11 is 1.68. The summed E-state index contributed by atoms with van der Waals surface area (Å²) in [6, 6.07) is 14.0. The number of amides is 1. The molecule has 156 valence electrons. The molecule has 1 aromatic heterocycles. The lowest BCUT2D eigenvalue weighted by Crippen LogP contribution is -2.48. The maximum absolute atomic E-state index is 12.8. The second kappa shape index (κ2) is 8.98. The summed E-state index contributed by atoms with van der Waals surface area (Å²) in [7, 11) is 1.68. The molecule has 0 radical (unpaired) electrons. The summed E-state index contributed by atoms with van der Waals surface area (Å²) in [5.74, 6) is 0.971. The van der Waals surface area contributed by atoms with Crippen LogP contribution in [0.2, 0.25) is 0 Å². The number of carbonyl (C=O) groups is 1. The summed E-state index contributed by atoms with van der Waals surface area (Å²) in [4.78, 5) is 22.0. The predicted octanol–water partition coefficient (Wildman–Crippen LogP) is 4.39. The van der Waals surface area contributed by atoms with Crippen molar-refractivity contribution in [2.24, 2.45) is 0 Å². The highest BCUT2D eigenvalue weighted by atomic mass is 32.1. The Hall–Kier alpha value is -2.70. The van der Waals surface area contributed by atoms with Crippen LogP contribution in [0.4, 0.5) is 0 Å². The van der Waals surface area contributed by atoms with Crippen LogP contribution >= 0.6 is 11.3 Å². The van der Waals surface area contributed by atoms with Gasteiger partial charge in [0.05, 0.1) is 19.3 Å². The third-order valence-electron chi connectivity index (χ3n) is 5.69. The number of thiazole rings is 1. The number of benzene rings is 2. The minimum Gasteiger partial charge on any atom is -0.497 e. The van der Waals surface area contributed by atoms with E-state index in [-0.39, 0.29) is 5.91 Å². The molecule has 0 saturated carbocycles. The van der Waals surface area contributed by atoms with Crippen molar-refractivity contribution >= 4 is 17.2 Å². The number of aryl methyl sites for hydroxylation is 2. The van der Waals surface area contributed by atoms with Crippen molar-refractivity contribution in [3.63, 3.8) is 0 Å². The molecule has 1 aliphatic heterocycles. The number of piperazine rings is 1. The average Bonchev–Trinajstić information content (AvgIpc) is 3.24. The zero-order valence-electron chi connectivity index (χ0n) is 17.7. The van der Waals surface area contributed by atoms with Crippen molar-refractivity contribution in [1.82, 2.24) is 14.8 Å². The van der Waals surface area contributed by atoms with Gasteiger partial charge in [-0.1, -0.05) is 18.2 Å². The first-order chi connectivity index (χ1) is 14.5. The topological polar surface area (TPSA) is 45.7 Å². The summed E-state index contributed by atoms with van der Waals surface area (Å²) in [6.45, 7) is 8.17. The minimum absolute atomic E-state index is 0.132. The van der Waals surface area contributed by atoms with E-state index < -0.39 is 0 Å². The molecule has 1 saturated heterocycles. The van der Waals surface area contributed by atoms with Crippen LogP contribution in [0.25, 0.3) is 11.3 Å². The molecule has 0 atom stereocenters. The van der Waals surface area contributed by atoms with Crippen LogP contribution in [0.15, 0.2) is 47.8 Å². The van der Waals surface area contributed by atoms with Gasteiger partial charge in [-0.2, -0.15) is 0 Å². The van der Waals surface area contributed by atoms with Crippen molar-refractivity contribution in [3.8, 4) is 17.0 Å². The summed E-state index contributed by atoms with van der Waals surface area (Å²) < 4.78 is 5.31. The van der Waals surface area contributed by atoms with Gasteiger partial charge in [-0.05, 0) is 49.2 Å². The standard InChI is InChI=1S/C24H27N3O2S/c1-17-7-8-20(13-18(17)2)24(28)27-11-9-26(10-12-27)15-23-25-22(16-30-23)19-5-4-6-21(14-19)29-3/h4-8,13-14,16H,9-12,15H2,1-3H3. The second-order valence-electron chi connectivity index (χ2n) is 7.73. The Morgan fingerprint density at radius 3 is 2.60 bits per heavy atom. The van der Waals surface area contributed by atoms with Crippen LogP contribution in [0.1, 0.15) is 26.5 Å². The Bertz CT molecular complexity index is 1040. The molecule has 1 fully saturated rings. The number of carbonyl (C=O) groups excluding carboxylic acids is 1. The van der Waals surface area contributed by atoms with Gasteiger partial charge in [-0.3, -0.25) is 9.69 Å². The van der Waals surface area contributed by atoms with Gasteiger partial charge in [0.15, 0.2) is 0 Å². The zero-order chi connectivity index (χ0) is 21.1. The smallest absolute Gasteiger partial charge is 0.253 e. The molecule has 2 heterocycles. The molecule has 0 unspecified atom stereocenters. The molecule has 0 aliphatic carbocycles. The van der Waals surface area contributed by atoms with Crippen LogP contribution in [-0.2, 0) is 6.54 Å². The summed E-state index contributed by atoms with van der Waals surface area (Å²) in [6.07, 6.45) is 0. The number of aromatic nitrogens is 1. The van der Waals surface area contributed by atoms with Gasteiger partial charge in [0.1, 0.15) is 10.8 Å². The summed E-state index contributed by atoms with van der Waals surface area (Å²) in [5.41, 5.74) is 5.22. The molecule has 0 bridgehead atoms. The molecule has 0 spiro atoms. The molecule has 4 rings (SSSR count). The number of nitrogens with zero attached hydrogens (tertiary/aromatic N) is 3. The van der Waals surface area contributed by atoms with Crippen LogP contribution in [-0.4, -0.2) is 54.0 Å². The number of hydrogen-bond acceptors (Lipinski definition) is 5. The fraction of sp³-hybridized carbons (Fsp3) is 0.333. The van der Waals surface area contributed by atoms with E-state index in [1.165, 1.54) is 5.56 Å². The largest absolute Gasteiger partial charge is 0.497 e. The zero-order valence-corrected chi connectivity index (χ0v) is 18.5. The van der Waals surface area contributed by atoms with E-state index >= 15 is 0 Å². The third kappa shape index (κ3) is 4.55. The fourth-order valence-corrected chi connectivity index (χ4v) is 4.50. The molecule has 6 heteroatoms. The maximum Gasteiger partial charge on any atom is 0.253 e. The van der Waals surface area contributed by atoms with Crippen LogP contribution < -0.4 is 4.74 Å². The predicted molar refractivity (Wildman–Crippen MR) is 121 cm³/mol. The fourth-order valence-electron chi connectivity index (χ4n) is 3.66. The monoisotopic (exact) mass is 421 g/mol. The molecule has 30 heavy (non-hydrogen) atoms. The lowest BCUT2D eigenvalue weighted by atomic mass is 10.1. The van der Waals surface area contributed by atoms with Crippen LogP contribution in [0.5, 0.6) is 5.75 Å². The van der Waals surface area contributed by atoms with E-state index in [9.17, 15) is 4.79 Å². The van der Waals surface area contributed by atoms with Crippen molar-refractivity contribution in [3.05, 3.63) is 69.5 Å². The first-order valence-electron chi connectivity index (χ1n) is 10.2. The quantitative estimate of drug-likeness (QED) is 0.613. The highest BCUT2D eigenvalue weighted by Gasteiger charge is 2.23. The molecule has 5 nitrogen and oxygen atoms in total. The second-order valence-corrected chi connectivity index (χ2v) is 8.67. The summed E-state index contributed by atoms with van der Waals surface area (Å²) in [5, 5.41) is 3.20. The first-order valence-corrected chi connectivity index (χ1v) is 11.1. The molecular weight excluding hydrogens is 394 g/mol. The van der Waals surface area contributed by atoms with E-state index in [0.717, 1.165) is 65.9 Å². The highest BCUT2D eigenvalue weighted by molar-refractivity contribution is 7.09. The van der Waals surface area contributed by atoms with Gasteiger partial charge in [-0.15, -0.1) is 11.3 Å². The Morgan fingerprint density at radius 1 is 1.07 bits per heavy atom. The molecule has 1 amide bonds. The Balaban J connectivity index is 1.34. The van der Waals surface area contributed by atoms with Crippen LogP contribution in [0.3, 0.4) is 0 Å². The van der Waals surface area contributed by atoms with Crippen molar-refractivity contribution in [2.45, 2.75) is 20.4 Å². The van der Waals surface area contributed by atoms with E-state index in [1.807, 2.05) is 41.3 Å². The lowest BCUT2D eigenvalue weighted by molar-refractivity contribution is 0.0628. The van der Waals surface area contributed by atoms with E-state index in [1.54, 1.807) is 18.4 Å². The first kappa shape index (κ1) is 20.6. The number of methoxy groups -OCH3 is 1. The van der Waals surface area contributed by atoms with Gasteiger partial charge in [0.2, 0.25) is 0 Å². The highest BCUT2D eigenvalue weighted by Crippen LogP contribution is 2.26. The van der Waals surface area contributed by atoms with E-state index in [0.29, 0.717) is 0 Å².